The molecule has 0 aliphatic heterocycles. The van der Waals surface area contributed by atoms with Gasteiger partial charge >= 0.3 is 0 Å². The van der Waals surface area contributed by atoms with Crippen molar-refractivity contribution in [3.05, 3.63) is 12.8 Å². The smallest absolute Gasteiger partial charge is 0.00506 e. The molecule has 0 rings (SSSR count). The van der Waals surface area contributed by atoms with E-state index < -0.39 is 0 Å². The molecule has 0 spiro atoms. The molecule has 0 unspecified atom stereocenters. The van der Waals surface area contributed by atoms with Gasteiger partial charge in [-0.15, -0.1) is 0 Å². The van der Waals surface area contributed by atoms with Gasteiger partial charge in [0.15, 0.2) is 0 Å². The lowest BCUT2D eigenvalue weighted by Gasteiger charge is -1.90. The third-order valence-electron chi connectivity index (χ3n) is 0.934. The van der Waals surface area contributed by atoms with Gasteiger partial charge in [-0.25, -0.2) is 0 Å². The molecule has 0 aromatic heterocycles. The van der Waals surface area contributed by atoms with Crippen LogP contribution in [-0.4, -0.2) is 0 Å². The minimum Gasteiger partial charge on any atom is -0.332 e. The van der Waals surface area contributed by atoms with Gasteiger partial charge in [-0.2, -0.15) is 0 Å². The van der Waals surface area contributed by atoms with E-state index in [1.807, 2.05) is 0 Å². The molecule has 0 amide bonds. The molecule has 3 N–H and O–H groups in total. The Bertz CT molecular complexity index is 50.9. The molecule has 0 saturated heterocycles. The number of hydrogen-bond donors (Lipinski definition) is 2. The minimum atomic E-state index is 0.884. The Morgan fingerprint density at radius 1 is 1.67 bits per heavy atom. The SMILES string of the molecule is C=CNN.CCC(C)C. The fourth-order valence-corrected chi connectivity index (χ4v) is 0. The predicted molar refractivity (Wildman–Crippen MR) is 42.6 cm³/mol. The molecule has 0 atom stereocenters. The molecule has 0 fully saturated rings. The molecule has 0 radical (unpaired) electrons. The maximum Gasteiger partial charge on any atom is 0.00506 e. The summed E-state index contributed by atoms with van der Waals surface area (Å²) in [4.78, 5) is 0. The van der Waals surface area contributed by atoms with Crippen molar-refractivity contribution in [2.24, 2.45) is 11.8 Å². The van der Waals surface area contributed by atoms with Crippen molar-refractivity contribution in [3.63, 3.8) is 0 Å². The van der Waals surface area contributed by atoms with Crippen LogP contribution in [-0.2, 0) is 0 Å². The second kappa shape index (κ2) is 10.5. The Morgan fingerprint density at radius 3 is 1.89 bits per heavy atom. The van der Waals surface area contributed by atoms with Gasteiger partial charge in [-0.05, 0) is 5.92 Å². The topological polar surface area (TPSA) is 38.0 Å². The first-order chi connectivity index (χ1) is 4.18. The Labute approximate surface area is 58.1 Å². The molecular formula is C7H18N2. The highest BCUT2D eigenvalue weighted by Crippen LogP contribution is 1.93. The minimum absolute atomic E-state index is 0.884. The van der Waals surface area contributed by atoms with E-state index >= 15 is 0 Å². The fourth-order valence-electron chi connectivity index (χ4n) is 0. The van der Waals surface area contributed by atoms with Crippen LogP contribution in [0.3, 0.4) is 0 Å². The van der Waals surface area contributed by atoms with Crippen molar-refractivity contribution in [1.29, 1.82) is 0 Å². The molecule has 2 nitrogen and oxygen atoms in total. The monoisotopic (exact) mass is 130 g/mol. The Kier molecular flexibility index (Phi) is 13.2. The summed E-state index contributed by atoms with van der Waals surface area (Å²) < 4.78 is 0. The average Bonchev–Trinajstić information content (AvgIpc) is 1.89. The molecular weight excluding hydrogens is 112 g/mol. The van der Waals surface area contributed by atoms with Gasteiger partial charge in [0.2, 0.25) is 0 Å². The first-order valence-corrected chi connectivity index (χ1v) is 3.26. The number of nitrogens with one attached hydrogen (secondary N) is 1. The molecule has 0 heterocycles. The third kappa shape index (κ3) is 36.3. The number of nitrogens with two attached hydrogens (primary N) is 1. The molecule has 0 saturated carbocycles. The predicted octanol–water partition coefficient (Wildman–Crippen LogP) is 1.65. The zero-order valence-corrected chi connectivity index (χ0v) is 6.65. The first-order valence-electron chi connectivity index (χ1n) is 3.26. The van der Waals surface area contributed by atoms with Crippen LogP contribution in [0.2, 0.25) is 0 Å². The Balaban J connectivity index is 0. The summed E-state index contributed by atoms with van der Waals surface area (Å²) in [7, 11) is 0. The van der Waals surface area contributed by atoms with Crippen LogP contribution in [0.15, 0.2) is 12.8 Å². The number of rotatable bonds is 2. The van der Waals surface area contributed by atoms with E-state index in [9.17, 15) is 0 Å². The van der Waals surface area contributed by atoms with Gasteiger partial charge < -0.3 is 5.43 Å². The third-order valence-corrected chi connectivity index (χ3v) is 0.934. The van der Waals surface area contributed by atoms with Crippen LogP contribution in [0.25, 0.3) is 0 Å². The van der Waals surface area contributed by atoms with Gasteiger partial charge in [-0.3, -0.25) is 5.84 Å². The fraction of sp³-hybridized carbons (Fsp3) is 0.714. The van der Waals surface area contributed by atoms with E-state index in [4.69, 9.17) is 0 Å². The normalized spacial score (nSPS) is 7.67. The van der Waals surface area contributed by atoms with Gasteiger partial charge in [0.25, 0.3) is 0 Å². The van der Waals surface area contributed by atoms with Crippen LogP contribution < -0.4 is 11.3 Å². The average molecular weight is 130 g/mol. The second-order valence-electron chi connectivity index (χ2n) is 2.17. The quantitative estimate of drug-likeness (QED) is 0.440. The second-order valence-corrected chi connectivity index (χ2v) is 2.17. The van der Waals surface area contributed by atoms with Crippen molar-refractivity contribution >= 4 is 0 Å². The maximum absolute atomic E-state index is 4.66. The molecule has 0 aliphatic carbocycles. The van der Waals surface area contributed by atoms with Crippen molar-refractivity contribution in [2.45, 2.75) is 27.2 Å². The summed E-state index contributed by atoms with van der Waals surface area (Å²) in [6.45, 7) is 9.89. The van der Waals surface area contributed by atoms with Crippen molar-refractivity contribution in [3.8, 4) is 0 Å². The zero-order chi connectivity index (χ0) is 7.70. The van der Waals surface area contributed by atoms with Crippen LogP contribution in [0, 0.1) is 5.92 Å². The van der Waals surface area contributed by atoms with Crippen molar-refractivity contribution in [1.82, 2.24) is 5.43 Å². The zero-order valence-electron chi connectivity index (χ0n) is 6.65. The summed E-state index contributed by atoms with van der Waals surface area (Å²) in [5.74, 6) is 5.54. The highest BCUT2D eigenvalue weighted by atomic mass is 15.2. The number of hydrogen-bond acceptors (Lipinski definition) is 2. The van der Waals surface area contributed by atoms with Gasteiger partial charge in [0.1, 0.15) is 0 Å². The summed E-state index contributed by atoms with van der Waals surface area (Å²) >= 11 is 0. The Hall–Kier alpha value is -0.500. The van der Waals surface area contributed by atoms with Crippen LogP contribution in [0.1, 0.15) is 27.2 Å². The van der Waals surface area contributed by atoms with Gasteiger partial charge in [0, 0.05) is 6.20 Å². The molecule has 2 heteroatoms. The largest absolute Gasteiger partial charge is 0.332 e. The van der Waals surface area contributed by atoms with E-state index in [1.165, 1.54) is 12.6 Å². The summed E-state index contributed by atoms with van der Waals surface area (Å²) in [5.41, 5.74) is 2.19. The van der Waals surface area contributed by atoms with E-state index in [-0.39, 0.29) is 0 Å². The molecule has 0 aliphatic rings. The van der Waals surface area contributed by atoms with E-state index in [2.05, 4.69) is 38.6 Å². The summed E-state index contributed by atoms with van der Waals surface area (Å²) in [5, 5.41) is 0. The molecule has 0 bridgehead atoms. The van der Waals surface area contributed by atoms with E-state index in [1.54, 1.807) is 0 Å². The summed E-state index contributed by atoms with van der Waals surface area (Å²) in [6, 6.07) is 0. The van der Waals surface area contributed by atoms with E-state index in [0.29, 0.717) is 0 Å². The number of hydrazine groups is 1. The lowest BCUT2D eigenvalue weighted by molar-refractivity contribution is 0.626. The highest BCUT2D eigenvalue weighted by Gasteiger charge is 1.80. The Morgan fingerprint density at radius 2 is 1.89 bits per heavy atom. The van der Waals surface area contributed by atoms with Gasteiger partial charge in [-0.1, -0.05) is 33.8 Å². The van der Waals surface area contributed by atoms with Gasteiger partial charge in [0.05, 0.1) is 0 Å². The van der Waals surface area contributed by atoms with Crippen LogP contribution >= 0.6 is 0 Å². The van der Waals surface area contributed by atoms with Crippen LogP contribution in [0.4, 0.5) is 0 Å². The molecule has 0 aromatic rings. The standard InChI is InChI=1S/C5H12.C2H6N2/c1-4-5(2)3;1-2-4-3/h5H,4H2,1-3H3;2,4H,1,3H2. The highest BCUT2D eigenvalue weighted by molar-refractivity contribution is 4.53. The van der Waals surface area contributed by atoms with E-state index in [0.717, 1.165) is 5.92 Å². The lowest BCUT2D eigenvalue weighted by Crippen LogP contribution is -2.11. The summed E-state index contributed by atoms with van der Waals surface area (Å²) in [6.07, 6.45) is 2.71. The first kappa shape index (κ1) is 11.3. The maximum atomic E-state index is 4.66. The molecule has 56 valence electrons. The lowest BCUT2D eigenvalue weighted by atomic mass is 10.2. The van der Waals surface area contributed by atoms with Crippen molar-refractivity contribution < 1.29 is 0 Å². The van der Waals surface area contributed by atoms with Crippen LogP contribution in [0.5, 0.6) is 0 Å². The molecule has 9 heavy (non-hydrogen) atoms. The van der Waals surface area contributed by atoms with Crippen molar-refractivity contribution in [2.75, 3.05) is 0 Å². The molecule has 0 aromatic carbocycles.